The van der Waals surface area contributed by atoms with Crippen molar-refractivity contribution in [3.05, 3.63) is 28.2 Å². The molecule has 1 saturated heterocycles. The number of amides is 2. The number of benzene rings is 1. The minimum absolute atomic E-state index is 0.0410. The number of nitrogens with one attached hydrogen (secondary N) is 2. The lowest BCUT2D eigenvalue weighted by molar-refractivity contribution is -0.140. The van der Waals surface area contributed by atoms with Crippen LogP contribution in [0.2, 0.25) is 10.0 Å². The molecule has 0 bridgehead atoms. The monoisotopic (exact) mass is 316 g/mol. The minimum Gasteiger partial charge on any atom is -0.379 e. The van der Waals surface area contributed by atoms with Crippen molar-refractivity contribution in [3.8, 4) is 5.75 Å². The van der Waals surface area contributed by atoms with Crippen molar-refractivity contribution >= 4 is 35.0 Å². The highest BCUT2D eigenvalue weighted by Gasteiger charge is 2.37. The summed E-state index contributed by atoms with van der Waals surface area (Å²) >= 11 is 11.6. The Morgan fingerprint density at radius 1 is 1.40 bits per heavy atom. The van der Waals surface area contributed by atoms with Gasteiger partial charge in [0.1, 0.15) is 0 Å². The SMILES string of the molecule is CC1(C(=O)NOc2ccc(Cl)c(Cl)c2)CCC(=O)NC1. The molecule has 1 heterocycles. The fraction of sp³-hybridized carbons (Fsp3) is 0.385. The van der Waals surface area contributed by atoms with Crippen LogP contribution in [0.1, 0.15) is 19.8 Å². The zero-order valence-electron chi connectivity index (χ0n) is 10.8. The third-order valence-corrected chi connectivity index (χ3v) is 4.02. The van der Waals surface area contributed by atoms with E-state index in [-0.39, 0.29) is 11.8 Å². The Bertz CT molecular complexity index is 538. The van der Waals surface area contributed by atoms with Crippen LogP contribution in [0.4, 0.5) is 0 Å². The molecule has 1 atom stereocenters. The van der Waals surface area contributed by atoms with Crippen molar-refractivity contribution in [2.45, 2.75) is 19.8 Å². The van der Waals surface area contributed by atoms with Gasteiger partial charge in [0.2, 0.25) is 5.91 Å². The molecular weight excluding hydrogens is 303 g/mol. The van der Waals surface area contributed by atoms with Crippen molar-refractivity contribution in [2.24, 2.45) is 5.41 Å². The summed E-state index contributed by atoms with van der Waals surface area (Å²) in [6.07, 6.45) is 0.812. The van der Waals surface area contributed by atoms with E-state index in [4.69, 9.17) is 28.0 Å². The third kappa shape index (κ3) is 3.35. The van der Waals surface area contributed by atoms with Gasteiger partial charge in [0, 0.05) is 19.0 Å². The van der Waals surface area contributed by atoms with Crippen molar-refractivity contribution in [1.82, 2.24) is 10.8 Å². The van der Waals surface area contributed by atoms with Gasteiger partial charge in [0.25, 0.3) is 5.91 Å². The van der Waals surface area contributed by atoms with Crippen LogP contribution in [0.25, 0.3) is 0 Å². The number of rotatable bonds is 3. The molecule has 0 saturated carbocycles. The number of hydrogen-bond donors (Lipinski definition) is 2. The van der Waals surface area contributed by atoms with Crippen LogP contribution in [0, 0.1) is 5.41 Å². The average Bonchev–Trinajstić information content (AvgIpc) is 2.43. The summed E-state index contributed by atoms with van der Waals surface area (Å²) in [6, 6.07) is 4.68. The maximum atomic E-state index is 12.1. The molecule has 0 aromatic heterocycles. The van der Waals surface area contributed by atoms with Gasteiger partial charge >= 0.3 is 0 Å². The summed E-state index contributed by atoms with van der Waals surface area (Å²) < 4.78 is 0. The summed E-state index contributed by atoms with van der Waals surface area (Å²) in [5, 5.41) is 3.43. The molecular formula is C13H14Cl2N2O3. The number of carbonyl (C=O) groups excluding carboxylic acids is 2. The Morgan fingerprint density at radius 2 is 2.15 bits per heavy atom. The van der Waals surface area contributed by atoms with Crippen LogP contribution in [-0.2, 0) is 9.59 Å². The van der Waals surface area contributed by atoms with Crippen LogP contribution in [0.15, 0.2) is 18.2 Å². The number of hydroxylamine groups is 1. The highest BCUT2D eigenvalue weighted by atomic mass is 35.5. The van der Waals surface area contributed by atoms with E-state index in [0.29, 0.717) is 35.2 Å². The van der Waals surface area contributed by atoms with Crippen LogP contribution < -0.4 is 15.6 Å². The Kier molecular flexibility index (Phi) is 4.40. The van der Waals surface area contributed by atoms with Crippen molar-refractivity contribution < 1.29 is 14.4 Å². The fourth-order valence-corrected chi connectivity index (χ4v) is 2.11. The lowest BCUT2D eigenvalue weighted by Crippen LogP contribution is -2.51. The molecule has 2 amide bonds. The normalized spacial score (nSPS) is 22.1. The number of piperidine rings is 1. The van der Waals surface area contributed by atoms with Gasteiger partial charge in [0.15, 0.2) is 5.75 Å². The quantitative estimate of drug-likeness (QED) is 0.841. The minimum atomic E-state index is -0.676. The van der Waals surface area contributed by atoms with Gasteiger partial charge in [-0.15, -0.1) is 0 Å². The first kappa shape index (κ1) is 14.9. The molecule has 1 aromatic rings. The molecule has 1 fully saturated rings. The van der Waals surface area contributed by atoms with E-state index in [2.05, 4.69) is 10.8 Å². The van der Waals surface area contributed by atoms with Gasteiger partial charge in [0.05, 0.1) is 15.5 Å². The van der Waals surface area contributed by atoms with E-state index in [1.54, 1.807) is 19.1 Å². The first-order valence-corrected chi connectivity index (χ1v) is 6.85. The smallest absolute Gasteiger partial charge is 0.260 e. The predicted molar refractivity (Wildman–Crippen MR) is 75.6 cm³/mol. The first-order valence-electron chi connectivity index (χ1n) is 6.10. The Labute approximate surface area is 126 Å². The zero-order chi connectivity index (χ0) is 14.8. The van der Waals surface area contributed by atoms with Crippen LogP contribution in [0.3, 0.4) is 0 Å². The highest BCUT2D eigenvalue weighted by Crippen LogP contribution is 2.28. The lowest BCUT2D eigenvalue weighted by Gasteiger charge is -2.31. The highest BCUT2D eigenvalue weighted by molar-refractivity contribution is 6.42. The van der Waals surface area contributed by atoms with E-state index < -0.39 is 5.41 Å². The van der Waals surface area contributed by atoms with Gasteiger partial charge in [-0.25, -0.2) is 0 Å². The van der Waals surface area contributed by atoms with E-state index in [9.17, 15) is 9.59 Å². The molecule has 20 heavy (non-hydrogen) atoms. The maximum Gasteiger partial charge on any atom is 0.260 e. The molecule has 108 valence electrons. The number of hydrogen-bond acceptors (Lipinski definition) is 3. The summed E-state index contributed by atoms with van der Waals surface area (Å²) in [5.41, 5.74) is 1.70. The van der Waals surface area contributed by atoms with Crippen molar-refractivity contribution in [2.75, 3.05) is 6.54 Å². The molecule has 1 aliphatic rings. The average molecular weight is 317 g/mol. The molecule has 1 unspecified atom stereocenters. The number of halogens is 2. The Hall–Kier alpha value is -1.46. The second-order valence-corrected chi connectivity index (χ2v) is 5.76. The first-order chi connectivity index (χ1) is 9.40. The van der Waals surface area contributed by atoms with Gasteiger partial charge < -0.3 is 10.2 Å². The maximum absolute atomic E-state index is 12.1. The third-order valence-electron chi connectivity index (χ3n) is 3.28. The Balaban J connectivity index is 1.94. The van der Waals surface area contributed by atoms with Crippen molar-refractivity contribution in [3.63, 3.8) is 0 Å². The molecule has 2 rings (SSSR count). The lowest BCUT2D eigenvalue weighted by atomic mass is 9.82. The molecule has 1 aliphatic heterocycles. The predicted octanol–water partition coefficient (Wildman–Crippen LogP) is 2.32. The van der Waals surface area contributed by atoms with Gasteiger partial charge in [-0.05, 0) is 25.5 Å². The number of carbonyl (C=O) groups is 2. The van der Waals surface area contributed by atoms with E-state index in [1.807, 2.05) is 0 Å². The zero-order valence-corrected chi connectivity index (χ0v) is 12.3. The molecule has 1 aromatic carbocycles. The van der Waals surface area contributed by atoms with Crippen LogP contribution in [-0.4, -0.2) is 18.4 Å². The standard InChI is InChI=1S/C13H14Cl2N2O3/c1-13(5-4-11(18)16-7-13)12(19)17-20-8-2-3-9(14)10(15)6-8/h2-3,6H,4-5,7H2,1H3,(H,16,18)(H,17,19). The summed E-state index contributed by atoms with van der Waals surface area (Å²) in [4.78, 5) is 28.4. The van der Waals surface area contributed by atoms with E-state index >= 15 is 0 Å². The van der Waals surface area contributed by atoms with Gasteiger partial charge in [-0.1, -0.05) is 23.2 Å². The largest absolute Gasteiger partial charge is 0.379 e. The van der Waals surface area contributed by atoms with Gasteiger partial charge in [-0.3, -0.25) is 9.59 Å². The molecule has 0 radical (unpaired) electrons. The van der Waals surface area contributed by atoms with Gasteiger partial charge in [-0.2, -0.15) is 5.48 Å². The van der Waals surface area contributed by atoms with E-state index in [1.165, 1.54) is 6.07 Å². The summed E-state index contributed by atoms with van der Waals surface area (Å²) in [7, 11) is 0. The Morgan fingerprint density at radius 3 is 2.75 bits per heavy atom. The molecule has 0 spiro atoms. The molecule has 5 nitrogen and oxygen atoms in total. The fourth-order valence-electron chi connectivity index (χ4n) is 1.82. The summed E-state index contributed by atoms with van der Waals surface area (Å²) in [5.74, 6) is 0.0560. The molecule has 7 heteroatoms. The molecule has 0 aliphatic carbocycles. The second kappa shape index (κ2) is 5.89. The molecule has 2 N–H and O–H groups in total. The van der Waals surface area contributed by atoms with Crippen LogP contribution >= 0.6 is 23.2 Å². The second-order valence-electron chi connectivity index (χ2n) is 4.95. The summed E-state index contributed by atoms with van der Waals surface area (Å²) in [6.45, 7) is 2.07. The van der Waals surface area contributed by atoms with Crippen LogP contribution in [0.5, 0.6) is 5.75 Å². The van der Waals surface area contributed by atoms with Crippen molar-refractivity contribution in [1.29, 1.82) is 0 Å². The topological polar surface area (TPSA) is 67.4 Å². The van der Waals surface area contributed by atoms with E-state index in [0.717, 1.165) is 0 Å².